The van der Waals surface area contributed by atoms with Crippen LogP contribution in [0.4, 0.5) is 0 Å². The standard InChI is InChI=1S/C42H62N12O11/c1-22(2)34(53-38(61)29(5-3-13-47-42(44)45)50-36(59)28(43)18-33(56)57)39(62)51-30(12-9-23-7-10-27(55)11-8-23)37(60)48-19-24-15-25(16-24)35(58)52-31(17-26-20-46-21-49-26)40(63)54-14-4-6-32(54)41(64)65/h7-8,10-11,20-22,24-25,28-32,34,55H,3-6,9,12-19,43H2,1-2H3,(H,46,49)(H,48,60)(H,50,59)(H,51,62)(H,52,58)(H,53,61)(H,56,57)(H,64,65)(H4,44,45,47)/t24?,25?,28-,29-,30-,31-,32-,34-/m0/s1. The fourth-order valence-corrected chi connectivity index (χ4v) is 7.70. The van der Waals surface area contributed by atoms with Crippen molar-refractivity contribution in [1.82, 2.24) is 41.5 Å². The summed E-state index contributed by atoms with van der Waals surface area (Å²) in [5.74, 6) is -7.45. The summed E-state index contributed by atoms with van der Waals surface area (Å²) in [6.07, 6.45) is 4.61. The molecule has 23 heteroatoms. The van der Waals surface area contributed by atoms with Crippen molar-refractivity contribution >= 4 is 53.3 Å². The first-order chi connectivity index (χ1) is 30.8. The molecule has 2 aliphatic rings. The molecule has 6 atom stereocenters. The van der Waals surface area contributed by atoms with Gasteiger partial charge in [-0.25, -0.2) is 9.78 Å². The molecular weight excluding hydrogens is 849 g/mol. The summed E-state index contributed by atoms with van der Waals surface area (Å²) in [5, 5.41) is 42.1. The summed E-state index contributed by atoms with van der Waals surface area (Å²) in [4.78, 5) is 116. The summed E-state index contributed by atoms with van der Waals surface area (Å²) in [6, 6.07) is -0.696. The molecule has 1 aliphatic carbocycles. The highest BCUT2D eigenvalue weighted by Crippen LogP contribution is 2.33. The third-order valence-corrected chi connectivity index (χ3v) is 11.4. The third kappa shape index (κ3) is 15.8. The number of hydrogen-bond donors (Lipinski definition) is 12. The molecule has 1 saturated heterocycles. The van der Waals surface area contributed by atoms with E-state index >= 15 is 0 Å². The first kappa shape index (κ1) is 50.9. The Hall–Kier alpha value is -6.78. The number of amides is 6. The number of carbonyl (C=O) groups excluding carboxylic acids is 6. The number of aromatic amines is 1. The Morgan fingerprint density at radius 1 is 0.892 bits per heavy atom. The van der Waals surface area contributed by atoms with Crippen LogP contribution < -0.4 is 43.8 Å². The quantitative estimate of drug-likeness (QED) is 0.0290. The molecular formula is C42H62N12O11. The van der Waals surface area contributed by atoms with Crippen molar-refractivity contribution < 1.29 is 53.7 Å². The first-order valence-electron chi connectivity index (χ1n) is 21.6. The Morgan fingerprint density at radius 2 is 1.57 bits per heavy atom. The first-order valence-corrected chi connectivity index (χ1v) is 21.6. The topological polar surface area (TPSA) is 380 Å². The molecule has 356 valence electrons. The van der Waals surface area contributed by atoms with Crippen LogP contribution in [0.5, 0.6) is 5.75 Å². The Kier molecular flexibility index (Phi) is 19.0. The van der Waals surface area contributed by atoms with Gasteiger partial charge in [0.2, 0.25) is 35.4 Å². The minimum Gasteiger partial charge on any atom is -0.508 e. The Bertz CT molecular complexity index is 2000. The molecule has 2 fully saturated rings. The highest BCUT2D eigenvalue weighted by Gasteiger charge is 2.41. The number of phenols is 1. The second kappa shape index (κ2) is 24.3. The van der Waals surface area contributed by atoms with Gasteiger partial charge in [0.1, 0.15) is 36.0 Å². The number of nitrogens with two attached hydrogens (primary N) is 3. The van der Waals surface area contributed by atoms with Crippen LogP contribution in [0.1, 0.15) is 76.5 Å². The van der Waals surface area contributed by atoms with Gasteiger partial charge in [0.15, 0.2) is 5.96 Å². The van der Waals surface area contributed by atoms with Gasteiger partial charge in [0.05, 0.1) is 18.8 Å². The Morgan fingerprint density at radius 3 is 2.18 bits per heavy atom. The second-order valence-corrected chi connectivity index (χ2v) is 16.9. The zero-order valence-electron chi connectivity index (χ0n) is 36.5. The van der Waals surface area contributed by atoms with Crippen molar-refractivity contribution in [3.05, 3.63) is 48.0 Å². The lowest BCUT2D eigenvalue weighted by molar-refractivity contribution is -0.149. The average molecular weight is 911 g/mol. The number of guanidine groups is 1. The van der Waals surface area contributed by atoms with Crippen LogP contribution >= 0.6 is 0 Å². The number of aliphatic imine (C=N–C) groups is 1. The van der Waals surface area contributed by atoms with E-state index in [0.717, 1.165) is 5.56 Å². The number of carbonyl (C=O) groups is 8. The van der Waals surface area contributed by atoms with Gasteiger partial charge in [-0.15, -0.1) is 0 Å². The molecule has 4 rings (SSSR count). The number of nitrogens with one attached hydrogen (secondary N) is 6. The molecule has 65 heavy (non-hydrogen) atoms. The predicted octanol–water partition coefficient (Wildman–Crippen LogP) is -2.04. The van der Waals surface area contributed by atoms with Gasteiger partial charge in [-0.05, 0) is 80.9 Å². The van der Waals surface area contributed by atoms with Gasteiger partial charge >= 0.3 is 11.9 Å². The SMILES string of the molecule is CC(C)[C@H](NC(=O)[C@H](CCCN=C(N)N)NC(=O)[C@@H](N)CC(=O)O)C(=O)N[C@@H](CCc1ccc(O)cc1)C(=O)NCC1CC(C(=O)N[C@@H](Cc2cnc[nH]2)C(=O)N2CCC[C@H]2C(=O)O)C1. The number of phenolic OH excluding ortho intramolecular Hbond substituents is 1. The number of aryl methyl sites for hydroxylation is 1. The van der Waals surface area contributed by atoms with Crippen LogP contribution in [0.15, 0.2) is 41.8 Å². The zero-order chi connectivity index (χ0) is 47.8. The average Bonchev–Trinajstić information content (AvgIpc) is 3.94. The number of rotatable bonds is 25. The number of likely N-dealkylation sites (tertiary alicyclic amines) is 1. The van der Waals surface area contributed by atoms with E-state index in [1.807, 2.05) is 0 Å². The summed E-state index contributed by atoms with van der Waals surface area (Å²) in [6.45, 7) is 3.86. The van der Waals surface area contributed by atoms with E-state index in [9.17, 15) is 48.6 Å². The lowest BCUT2D eigenvalue weighted by Gasteiger charge is -2.36. The summed E-state index contributed by atoms with van der Waals surface area (Å²) >= 11 is 0. The maximum absolute atomic E-state index is 13.9. The van der Waals surface area contributed by atoms with E-state index in [1.54, 1.807) is 26.0 Å². The molecule has 0 spiro atoms. The smallest absolute Gasteiger partial charge is 0.326 e. The fourth-order valence-electron chi connectivity index (χ4n) is 7.70. The van der Waals surface area contributed by atoms with Gasteiger partial charge < -0.3 is 69.0 Å². The Labute approximate surface area is 375 Å². The summed E-state index contributed by atoms with van der Waals surface area (Å²) in [7, 11) is 0. The van der Waals surface area contributed by atoms with Gasteiger partial charge in [-0.3, -0.25) is 38.6 Å². The molecule has 1 aromatic heterocycles. The minimum absolute atomic E-state index is 0.00235. The lowest BCUT2D eigenvalue weighted by atomic mass is 9.74. The van der Waals surface area contributed by atoms with Crippen molar-refractivity contribution in [1.29, 1.82) is 0 Å². The maximum Gasteiger partial charge on any atom is 0.326 e. The lowest BCUT2D eigenvalue weighted by Crippen LogP contribution is -2.59. The Balaban J connectivity index is 1.40. The second-order valence-electron chi connectivity index (χ2n) is 16.9. The fraction of sp³-hybridized carbons (Fsp3) is 0.571. The zero-order valence-corrected chi connectivity index (χ0v) is 36.5. The largest absolute Gasteiger partial charge is 0.508 e. The normalized spacial score (nSPS) is 19.0. The van der Waals surface area contributed by atoms with Crippen molar-refractivity contribution in [3.8, 4) is 5.75 Å². The molecule has 0 radical (unpaired) electrons. The monoisotopic (exact) mass is 910 g/mol. The highest BCUT2D eigenvalue weighted by atomic mass is 16.4. The molecule has 2 heterocycles. The number of nitrogens with zero attached hydrogens (tertiary/aromatic N) is 3. The molecule has 23 nitrogen and oxygen atoms in total. The number of imidazole rings is 1. The van der Waals surface area contributed by atoms with E-state index in [2.05, 4.69) is 41.5 Å². The molecule has 1 aliphatic heterocycles. The molecule has 0 bridgehead atoms. The molecule has 0 unspecified atom stereocenters. The summed E-state index contributed by atoms with van der Waals surface area (Å²) in [5.41, 5.74) is 17.9. The van der Waals surface area contributed by atoms with E-state index < -0.39 is 96.0 Å². The molecule has 2 aromatic rings. The molecule has 1 aromatic carbocycles. The maximum atomic E-state index is 13.9. The molecule has 1 saturated carbocycles. The predicted molar refractivity (Wildman–Crippen MR) is 233 cm³/mol. The van der Waals surface area contributed by atoms with Crippen LogP contribution in [-0.2, 0) is 51.2 Å². The van der Waals surface area contributed by atoms with Crippen LogP contribution in [0, 0.1) is 17.8 Å². The van der Waals surface area contributed by atoms with Gasteiger partial charge in [0.25, 0.3) is 0 Å². The number of carboxylic acid groups (broad SMARTS) is 2. The van der Waals surface area contributed by atoms with E-state index in [0.29, 0.717) is 37.8 Å². The van der Waals surface area contributed by atoms with Crippen molar-refractivity contribution in [2.24, 2.45) is 39.9 Å². The van der Waals surface area contributed by atoms with E-state index in [1.165, 1.54) is 29.6 Å². The van der Waals surface area contributed by atoms with Crippen molar-refractivity contribution in [3.63, 3.8) is 0 Å². The molecule has 15 N–H and O–H groups in total. The number of hydrogen-bond acceptors (Lipinski definition) is 12. The highest BCUT2D eigenvalue weighted by molar-refractivity contribution is 5.96. The summed E-state index contributed by atoms with van der Waals surface area (Å²) < 4.78 is 0. The number of aromatic nitrogens is 2. The number of aliphatic carboxylic acids is 2. The third-order valence-electron chi connectivity index (χ3n) is 11.4. The number of aromatic hydroxyl groups is 1. The van der Waals surface area contributed by atoms with Crippen LogP contribution in [0.2, 0.25) is 0 Å². The minimum atomic E-state index is -1.46. The van der Waals surface area contributed by atoms with Crippen molar-refractivity contribution in [2.75, 3.05) is 19.6 Å². The van der Waals surface area contributed by atoms with E-state index in [-0.39, 0.29) is 68.9 Å². The number of H-pyrrole nitrogens is 1. The van der Waals surface area contributed by atoms with Crippen molar-refractivity contribution in [2.45, 2.75) is 114 Å². The van der Waals surface area contributed by atoms with Crippen LogP contribution in [0.3, 0.4) is 0 Å². The van der Waals surface area contributed by atoms with Crippen LogP contribution in [-0.4, -0.2) is 139 Å². The van der Waals surface area contributed by atoms with E-state index in [4.69, 9.17) is 22.3 Å². The number of benzene rings is 1. The number of carboxylic acids is 2. The molecule has 6 amide bonds. The van der Waals surface area contributed by atoms with Gasteiger partial charge in [0, 0.05) is 43.9 Å². The van der Waals surface area contributed by atoms with Gasteiger partial charge in [-0.1, -0.05) is 26.0 Å². The van der Waals surface area contributed by atoms with Crippen LogP contribution in [0.25, 0.3) is 0 Å². The van der Waals surface area contributed by atoms with Gasteiger partial charge in [-0.2, -0.15) is 0 Å².